The van der Waals surface area contributed by atoms with E-state index in [-0.39, 0.29) is 11.7 Å². The molecule has 2 heterocycles. The van der Waals surface area contributed by atoms with Crippen molar-refractivity contribution in [3.05, 3.63) is 65.4 Å². The minimum atomic E-state index is -0.417. The van der Waals surface area contributed by atoms with Gasteiger partial charge in [-0.25, -0.2) is 0 Å². The first kappa shape index (κ1) is 21.7. The van der Waals surface area contributed by atoms with Crippen LogP contribution in [-0.4, -0.2) is 43.9 Å². The van der Waals surface area contributed by atoms with Gasteiger partial charge in [0.2, 0.25) is 5.91 Å². The van der Waals surface area contributed by atoms with E-state index in [1.54, 1.807) is 17.8 Å². The number of aliphatic imine (C=N–C) groups is 1. The second-order valence-corrected chi connectivity index (χ2v) is 9.01. The van der Waals surface area contributed by atoms with E-state index in [0.717, 1.165) is 18.0 Å². The number of ether oxygens (including phenoxy) is 1. The van der Waals surface area contributed by atoms with E-state index >= 15 is 0 Å². The Kier molecular flexibility index (Phi) is 7.16. The first-order valence-corrected chi connectivity index (χ1v) is 12.0. The number of carbonyl (C=O) groups is 1. The van der Waals surface area contributed by atoms with Crippen LogP contribution in [0.5, 0.6) is 5.75 Å². The zero-order valence-electron chi connectivity index (χ0n) is 16.7. The third-order valence-corrected chi connectivity index (χ3v) is 6.47. The fraction of sp³-hybridized carbons (Fsp3) is 0.238. The third kappa shape index (κ3) is 5.41. The summed E-state index contributed by atoms with van der Waals surface area (Å²) in [6.07, 6.45) is -0.417. The van der Waals surface area contributed by atoms with Crippen molar-refractivity contribution in [2.75, 3.05) is 18.1 Å². The van der Waals surface area contributed by atoms with Crippen LogP contribution in [0.25, 0.3) is 5.69 Å². The van der Waals surface area contributed by atoms with E-state index in [4.69, 9.17) is 16.3 Å². The maximum atomic E-state index is 12.3. The van der Waals surface area contributed by atoms with E-state index in [2.05, 4.69) is 20.5 Å². The molecule has 1 N–H and O–H groups in total. The van der Waals surface area contributed by atoms with E-state index in [9.17, 15) is 4.79 Å². The Bertz CT molecular complexity index is 1090. The lowest BCUT2D eigenvalue weighted by Gasteiger charge is -2.17. The van der Waals surface area contributed by atoms with E-state index in [1.807, 2.05) is 60.0 Å². The molecule has 0 bridgehead atoms. The van der Waals surface area contributed by atoms with Crippen LogP contribution in [0, 0.1) is 0 Å². The number of amidine groups is 1. The number of nitrogens with zero attached hydrogens (tertiary/aromatic N) is 4. The van der Waals surface area contributed by atoms with Crippen LogP contribution in [0.4, 0.5) is 0 Å². The molecule has 3 aromatic rings. The largest absolute Gasteiger partial charge is 0.481 e. The highest BCUT2D eigenvalue weighted by atomic mass is 35.5. The fourth-order valence-corrected chi connectivity index (χ4v) is 4.62. The van der Waals surface area contributed by atoms with Crippen molar-refractivity contribution in [3.8, 4) is 11.4 Å². The standard InChI is InChI=1S/C21H20ClN5O2S2/c1-14(29-17-10-6-5-9-16(17)22)19-25-26-21(27(19)15-7-3-2-4-8-15)31-13-18(28)24-20-23-11-12-30-20/h2-10,14H,11-13H2,1H3,(H,23,24,28). The highest BCUT2D eigenvalue weighted by molar-refractivity contribution is 8.14. The topological polar surface area (TPSA) is 81.4 Å². The number of aromatic nitrogens is 3. The van der Waals surface area contributed by atoms with Gasteiger partial charge in [0, 0.05) is 11.4 Å². The molecule has 1 atom stereocenters. The zero-order chi connectivity index (χ0) is 21.6. The van der Waals surface area contributed by atoms with Crippen LogP contribution in [0.2, 0.25) is 5.02 Å². The molecular weight excluding hydrogens is 454 g/mol. The number of para-hydroxylation sites is 2. The Labute approximate surface area is 193 Å². The molecule has 31 heavy (non-hydrogen) atoms. The Hall–Kier alpha value is -2.49. The Morgan fingerprint density at radius 1 is 1.23 bits per heavy atom. The van der Waals surface area contributed by atoms with Crippen LogP contribution >= 0.6 is 35.1 Å². The highest BCUT2D eigenvalue weighted by Gasteiger charge is 2.22. The molecule has 1 aliphatic rings. The highest BCUT2D eigenvalue weighted by Crippen LogP contribution is 2.31. The summed E-state index contributed by atoms with van der Waals surface area (Å²) in [5.41, 5.74) is 0.885. The SMILES string of the molecule is CC(Oc1ccccc1Cl)c1nnc(SCC(=O)NC2=NCCS2)n1-c1ccccc1. The summed E-state index contributed by atoms with van der Waals surface area (Å²) >= 11 is 9.11. The summed E-state index contributed by atoms with van der Waals surface area (Å²) in [6, 6.07) is 17.0. The second kappa shape index (κ2) is 10.2. The smallest absolute Gasteiger partial charge is 0.236 e. The number of benzene rings is 2. The van der Waals surface area contributed by atoms with Crippen molar-refractivity contribution in [1.29, 1.82) is 0 Å². The maximum Gasteiger partial charge on any atom is 0.236 e. The summed E-state index contributed by atoms with van der Waals surface area (Å²) < 4.78 is 7.96. The van der Waals surface area contributed by atoms with Crippen molar-refractivity contribution in [2.45, 2.75) is 18.2 Å². The predicted octanol–water partition coefficient (Wildman–Crippen LogP) is 4.37. The van der Waals surface area contributed by atoms with Gasteiger partial charge in [-0.1, -0.05) is 65.5 Å². The average molecular weight is 474 g/mol. The van der Waals surface area contributed by atoms with Crippen molar-refractivity contribution in [3.63, 3.8) is 0 Å². The summed E-state index contributed by atoms with van der Waals surface area (Å²) in [6.45, 7) is 2.63. The number of halogens is 1. The molecule has 1 unspecified atom stereocenters. The van der Waals surface area contributed by atoms with Gasteiger partial charge < -0.3 is 10.1 Å². The molecule has 0 fully saturated rings. The molecule has 0 spiro atoms. The lowest BCUT2D eigenvalue weighted by atomic mass is 10.3. The Balaban J connectivity index is 1.55. The van der Waals surface area contributed by atoms with Crippen LogP contribution in [0.15, 0.2) is 64.7 Å². The number of thioether (sulfide) groups is 2. The number of nitrogens with one attached hydrogen (secondary N) is 1. The zero-order valence-corrected chi connectivity index (χ0v) is 19.1. The van der Waals surface area contributed by atoms with Gasteiger partial charge in [-0.3, -0.25) is 14.4 Å². The maximum absolute atomic E-state index is 12.3. The number of hydrogen-bond acceptors (Lipinski definition) is 7. The first-order chi connectivity index (χ1) is 15.1. The summed E-state index contributed by atoms with van der Waals surface area (Å²) in [5.74, 6) is 2.16. The van der Waals surface area contributed by atoms with Crippen molar-refractivity contribution >= 4 is 46.2 Å². The van der Waals surface area contributed by atoms with Gasteiger partial charge in [0.1, 0.15) is 5.75 Å². The lowest BCUT2D eigenvalue weighted by Crippen LogP contribution is -2.29. The first-order valence-electron chi connectivity index (χ1n) is 9.63. The van der Waals surface area contributed by atoms with E-state index in [1.165, 1.54) is 11.8 Å². The molecule has 4 rings (SSSR count). The fourth-order valence-electron chi connectivity index (χ4n) is 2.94. The van der Waals surface area contributed by atoms with Crippen LogP contribution in [-0.2, 0) is 4.79 Å². The molecular formula is C21H20ClN5O2S2. The summed E-state index contributed by atoms with van der Waals surface area (Å²) in [4.78, 5) is 16.6. The van der Waals surface area contributed by atoms with E-state index < -0.39 is 6.10 Å². The van der Waals surface area contributed by atoms with Gasteiger partial charge in [0.05, 0.1) is 17.3 Å². The van der Waals surface area contributed by atoms with Gasteiger partial charge in [0.25, 0.3) is 0 Å². The molecule has 0 aliphatic carbocycles. The summed E-state index contributed by atoms with van der Waals surface area (Å²) in [5, 5.41) is 13.3. The molecule has 0 radical (unpaired) electrons. The van der Waals surface area contributed by atoms with Gasteiger partial charge in [-0.2, -0.15) is 0 Å². The molecule has 1 aliphatic heterocycles. The lowest BCUT2D eigenvalue weighted by molar-refractivity contribution is -0.117. The number of amides is 1. The van der Waals surface area contributed by atoms with Crippen molar-refractivity contribution in [2.24, 2.45) is 4.99 Å². The number of rotatable bonds is 7. The quantitative estimate of drug-likeness (QED) is 0.513. The third-order valence-electron chi connectivity index (χ3n) is 4.34. The van der Waals surface area contributed by atoms with Gasteiger partial charge in [-0.05, 0) is 31.2 Å². The Morgan fingerprint density at radius 3 is 2.74 bits per heavy atom. The van der Waals surface area contributed by atoms with Gasteiger partial charge in [0.15, 0.2) is 22.3 Å². The Morgan fingerprint density at radius 2 is 2.00 bits per heavy atom. The van der Waals surface area contributed by atoms with Crippen molar-refractivity contribution < 1.29 is 9.53 Å². The molecule has 7 nitrogen and oxygen atoms in total. The van der Waals surface area contributed by atoms with Gasteiger partial charge >= 0.3 is 0 Å². The van der Waals surface area contributed by atoms with E-state index in [0.29, 0.717) is 26.9 Å². The second-order valence-electron chi connectivity index (χ2n) is 6.57. The van der Waals surface area contributed by atoms with Crippen LogP contribution < -0.4 is 10.1 Å². The molecule has 0 saturated carbocycles. The van der Waals surface area contributed by atoms with Crippen LogP contribution in [0.1, 0.15) is 18.9 Å². The number of hydrogen-bond donors (Lipinski definition) is 1. The molecule has 0 saturated heterocycles. The molecule has 1 amide bonds. The molecule has 2 aromatic carbocycles. The molecule has 10 heteroatoms. The van der Waals surface area contributed by atoms with Gasteiger partial charge in [-0.15, -0.1) is 10.2 Å². The normalized spacial score (nSPS) is 14.2. The summed E-state index contributed by atoms with van der Waals surface area (Å²) in [7, 11) is 0. The van der Waals surface area contributed by atoms with Crippen molar-refractivity contribution in [1.82, 2.24) is 20.1 Å². The molecule has 1 aromatic heterocycles. The molecule has 160 valence electrons. The van der Waals surface area contributed by atoms with Crippen LogP contribution in [0.3, 0.4) is 0 Å². The average Bonchev–Trinajstić information content (AvgIpc) is 3.44. The minimum absolute atomic E-state index is 0.123. The number of carbonyl (C=O) groups excluding carboxylic acids is 1. The monoisotopic (exact) mass is 473 g/mol. The predicted molar refractivity (Wildman–Crippen MR) is 125 cm³/mol. The minimum Gasteiger partial charge on any atom is -0.481 e.